The van der Waals surface area contributed by atoms with E-state index >= 15 is 0 Å². The first-order valence-electron chi connectivity index (χ1n) is 9.19. The second-order valence-corrected chi connectivity index (χ2v) is 8.31. The Balaban J connectivity index is 1.78. The number of carbonyl (C=O) groups is 1. The van der Waals surface area contributed by atoms with Gasteiger partial charge < -0.3 is 19.5 Å². The van der Waals surface area contributed by atoms with Crippen LogP contribution in [0.1, 0.15) is 33.3 Å². The van der Waals surface area contributed by atoms with Crippen molar-refractivity contribution in [1.29, 1.82) is 0 Å². The van der Waals surface area contributed by atoms with Crippen LogP contribution in [0.4, 0.5) is 28.0 Å². The zero-order chi connectivity index (χ0) is 21.8. The molecule has 0 aliphatic carbocycles. The molecule has 1 fully saturated rings. The predicted octanol–water partition coefficient (Wildman–Crippen LogP) is 3.77. The normalized spacial score (nSPS) is 20.8. The molecule has 0 spiro atoms. The lowest BCUT2D eigenvalue weighted by Crippen LogP contribution is -2.41. The van der Waals surface area contributed by atoms with Crippen LogP contribution < -0.4 is 10.8 Å². The molecule has 5 nitrogen and oxygen atoms in total. The summed E-state index contributed by atoms with van der Waals surface area (Å²) in [4.78, 5) is 13.3. The summed E-state index contributed by atoms with van der Waals surface area (Å²) < 4.78 is 64.7. The molecule has 0 radical (unpaired) electrons. The molecule has 2 heterocycles. The van der Waals surface area contributed by atoms with Crippen LogP contribution in [0.2, 0.25) is 0 Å². The molecule has 29 heavy (non-hydrogen) atoms. The first kappa shape index (κ1) is 21.6. The molecular weight excluding hydrogens is 391 g/mol. The third kappa shape index (κ3) is 4.14. The second kappa shape index (κ2) is 7.02. The van der Waals surface area contributed by atoms with Crippen LogP contribution in [-0.4, -0.2) is 48.5 Å². The van der Waals surface area contributed by atoms with Crippen LogP contribution in [0.5, 0.6) is 0 Å². The number of benzene rings is 1. The molecule has 2 amide bonds. The number of nitrogens with zero attached hydrogens (tertiary/aromatic N) is 1. The average Bonchev–Trinajstić information content (AvgIpc) is 3.13. The largest absolute Gasteiger partial charge is 0.495 e. The maximum absolute atomic E-state index is 14.4. The van der Waals surface area contributed by atoms with E-state index in [4.69, 9.17) is 9.31 Å². The zero-order valence-electron chi connectivity index (χ0n) is 16.9. The number of nitrogens with one attached hydrogen (secondary N) is 1. The second-order valence-electron chi connectivity index (χ2n) is 8.31. The third-order valence-electron chi connectivity index (χ3n) is 5.68. The molecule has 10 heteroatoms. The van der Waals surface area contributed by atoms with Gasteiger partial charge in [0.25, 0.3) is 0 Å². The van der Waals surface area contributed by atoms with Gasteiger partial charge in [0.1, 0.15) is 5.82 Å². The van der Waals surface area contributed by atoms with Gasteiger partial charge in [0.2, 0.25) is 0 Å². The molecule has 0 saturated carbocycles. The van der Waals surface area contributed by atoms with Gasteiger partial charge in [0.05, 0.1) is 29.0 Å². The van der Waals surface area contributed by atoms with E-state index in [1.165, 1.54) is 12.1 Å². The van der Waals surface area contributed by atoms with E-state index in [9.17, 15) is 22.4 Å². The molecule has 0 aromatic heterocycles. The van der Waals surface area contributed by atoms with E-state index in [0.717, 1.165) is 11.0 Å². The summed E-state index contributed by atoms with van der Waals surface area (Å²) in [5.41, 5.74) is -1.04. The van der Waals surface area contributed by atoms with Crippen molar-refractivity contribution < 1.29 is 31.7 Å². The fraction of sp³-hybridized carbons (Fsp3) is 0.526. The number of anilines is 1. The van der Waals surface area contributed by atoms with Gasteiger partial charge in [-0.05, 0) is 57.8 Å². The van der Waals surface area contributed by atoms with Crippen LogP contribution in [0, 0.1) is 12.7 Å². The zero-order valence-corrected chi connectivity index (χ0v) is 16.9. The van der Waals surface area contributed by atoms with Gasteiger partial charge in [-0.1, -0.05) is 6.08 Å². The van der Waals surface area contributed by atoms with Crippen molar-refractivity contribution >= 4 is 24.3 Å². The Labute approximate surface area is 167 Å². The quantitative estimate of drug-likeness (QED) is 0.456. The van der Waals surface area contributed by atoms with Crippen molar-refractivity contribution in [2.45, 2.75) is 52.0 Å². The molecular formula is C19H23BF4N2O3. The van der Waals surface area contributed by atoms with Crippen LogP contribution >= 0.6 is 0 Å². The molecule has 0 atom stereocenters. The number of alkyl halides is 3. The van der Waals surface area contributed by atoms with Crippen molar-refractivity contribution in [3.05, 3.63) is 35.2 Å². The fourth-order valence-electron chi connectivity index (χ4n) is 3.12. The SMILES string of the molecule is Cc1cc(F)c(NC(=O)N2CC=C(C(F)(F)F)C2)cc1B1OC(C)(C)C(C)(C)O1. The standard InChI is InChI=1S/C19H23BF4N2O3/c1-11-8-14(21)15(9-13(11)20-28-17(2,3)18(4,5)29-20)25-16(27)26-7-6-12(10-26)19(22,23)24/h6,8-9H,7,10H2,1-5H3,(H,25,27). The van der Waals surface area contributed by atoms with Crippen molar-refractivity contribution in [2.75, 3.05) is 18.4 Å². The fourth-order valence-corrected chi connectivity index (χ4v) is 3.12. The Kier molecular flexibility index (Phi) is 5.24. The Morgan fingerprint density at radius 3 is 2.28 bits per heavy atom. The molecule has 2 aliphatic rings. The van der Waals surface area contributed by atoms with Crippen LogP contribution in [0.25, 0.3) is 0 Å². The Hall–Kier alpha value is -2.07. The molecule has 3 rings (SSSR count). The van der Waals surface area contributed by atoms with E-state index in [2.05, 4.69) is 5.32 Å². The molecule has 158 valence electrons. The van der Waals surface area contributed by atoms with Crippen molar-refractivity contribution in [3.63, 3.8) is 0 Å². The van der Waals surface area contributed by atoms with E-state index in [0.29, 0.717) is 11.0 Å². The van der Waals surface area contributed by atoms with Crippen LogP contribution in [0.3, 0.4) is 0 Å². The molecule has 1 aromatic carbocycles. The van der Waals surface area contributed by atoms with Gasteiger partial charge in [0.15, 0.2) is 0 Å². The first-order valence-corrected chi connectivity index (χ1v) is 9.19. The Morgan fingerprint density at radius 2 is 1.76 bits per heavy atom. The number of carbonyl (C=O) groups excluding carboxylic acids is 1. The number of halogens is 4. The summed E-state index contributed by atoms with van der Waals surface area (Å²) in [6.45, 7) is 8.45. The number of rotatable bonds is 2. The highest BCUT2D eigenvalue weighted by molar-refractivity contribution is 6.62. The molecule has 1 N–H and O–H groups in total. The summed E-state index contributed by atoms with van der Waals surface area (Å²) in [6, 6.07) is 1.82. The minimum absolute atomic E-state index is 0.147. The number of amides is 2. The monoisotopic (exact) mass is 414 g/mol. The van der Waals surface area contributed by atoms with E-state index < -0.39 is 48.5 Å². The van der Waals surface area contributed by atoms with Crippen LogP contribution in [-0.2, 0) is 9.31 Å². The van der Waals surface area contributed by atoms with Crippen LogP contribution in [0.15, 0.2) is 23.8 Å². The van der Waals surface area contributed by atoms with Gasteiger partial charge in [0, 0.05) is 6.54 Å². The lowest BCUT2D eigenvalue weighted by molar-refractivity contribution is -0.0929. The van der Waals surface area contributed by atoms with E-state index in [-0.39, 0.29) is 12.2 Å². The summed E-state index contributed by atoms with van der Waals surface area (Å²) in [7, 11) is -0.762. The summed E-state index contributed by atoms with van der Waals surface area (Å²) >= 11 is 0. The van der Waals surface area contributed by atoms with E-state index in [1.807, 2.05) is 27.7 Å². The summed E-state index contributed by atoms with van der Waals surface area (Å²) in [5, 5.41) is 2.36. The minimum Gasteiger partial charge on any atom is -0.399 e. The first-order chi connectivity index (χ1) is 13.2. The summed E-state index contributed by atoms with van der Waals surface area (Å²) in [6.07, 6.45) is -3.55. The highest BCUT2D eigenvalue weighted by atomic mass is 19.4. The number of urea groups is 1. The number of hydrogen-bond acceptors (Lipinski definition) is 3. The van der Waals surface area contributed by atoms with E-state index in [1.54, 1.807) is 6.92 Å². The van der Waals surface area contributed by atoms with Crippen molar-refractivity contribution in [1.82, 2.24) is 4.90 Å². The smallest absolute Gasteiger partial charge is 0.399 e. The molecule has 2 aliphatic heterocycles. The van der Waals surface area contributed by atoms with Crippen molar-refractivity contribution in [3.8, 4) is 0 Å². The van der Waals surface area contributed by atoms with Gasteiger partial charge in [-0.3, -0.25) is 0 Å². The Morgan fingerprint density at radius 1 is 1.17 bits per heavy atom. The molecule has 0 bridgehead atoms. The Bertz CT molecular complexity index is 852. The topological polar surface area (TPSA) is 50.8 Å². The van der Waals surface area contributed by atoms with Gasteiger partial charge in [-0.15, -0.1) is 0 Å². The molecule has 1 saturated heterocycles. The third-order valence-corrected chi connectivity index (χ3v) is 5.68. The summed E-state index contributed by atoms with van der Waals surface area (Å²) in [5.74, 6) is -0.695. The van der Waals surface area contributed by atoms with Gasteiger partial charge in [-0.25, -0.2) is 9.18 Å². The van der Waals surface area contributed by atoms with Crippen molar-refractivity contribution in [2.24, 2.45) is 0 Å². The average molecular weight is 414 g/mol. The highest BCUT2D eigenvalue weighted by Crippen LogP contribution is 2.37. The highest BCUT2D eigenvalue weighted by Gasteiger charge is 2.52. The number of aryl methyl sites for hydroxylation is 1. The lowest BCUT2D eigenvalue weighted by Gasteiger charge is -2.32. The lowest BCUT2D eigenvalue weighted by atomic mass is 9.76. The van der Waals surface area contributed by atoms with Gasteiger partial charge >= 0.3 is 19.3 Å². The number of hydrogen-bond donors (Lipinski definition) is 1. The predicted molar refractivity (Wildman–Crippen MR) is 102 cm³/mol. The van der Waals surface area contributed by atoms with Gasteiger partial charge in [-0.2, -0.15) is 13.2 Å². The maximum atomic E-state index is 14.4. The maximum Gasteiger partial charge on any atom is 0.495 e. The molecule has 1 aromatic rings. The minimum atomic E-state index is -4.49. The molecule has 0 unspecified atom stereocenters.